The summed E-state index contributed by atoms with van der Waals surface area (Å²) in [6.07, 6.45) is -3.11. The van der Waals surface area contributed by atoms with Crippen LogP contribution in [-0.2, 0) is 11.3 Å². The highest BCUT2D eigenvalue weighted by atomic mass is 19.4. The molecular weight excluding hydrogens is 251 g/mol. The number of carbonyl (C=O) groups excluding carboxylic acids is 1. The van der Waals surface area contributed by atoms with Gasteiger partial charge in [-0.15, -0.1) is 0 Å². The molecule has 3 N–H and O–H groups in total. The molecule has 1 rings (SSSR count). The minimum absolute atomic E-state index is 0.146. The van der Waals surface area contributed by atoms with Gasteiger partial charge in [-0.1, -0.05) is 0 Å². The zero-order chi connectivity index (χ0) is 13.6. The number of hydrogen-bond donors (Lipinski definition) is 2. The lowest BCUT2D eigenvalue weighted by molar-refractivity contribution is -0.154. The molecule has 0 spiro atoms. The summed E-state index contributed by atoms with van der Waals surface area (Å²) in [6.45, 7) is -1.40. The van der Waals surface area contributed by atoms with Crippen LogP contribution in [0.5, 0.6) is 5.88 Å². The Morgan fingerprint density at radius 2 is 2.22 bits per heavy atom. The van der Waals surface area contributed by atoms with Crippen LogP contribution < -0.4 is 15.8 Å². The van der Waals surface area contributed by atoms with E-state index >= 15 is 0 Å². The van der Waals surface area contributed by atoms with Gasteiger partial charge in [-0.2, -0.15) is 13.2 Å². The maximum Gasteiger partial charge on any atom is 0.422 e. The zero-order valence-corrected chi connectivity index (χ0v) is 9.33. The number of hydrogen-bond acceptors (Lipinski definition) is 4. The van der Waals surface area contributed by atoms with Crippen molar-refractivity contribution >= 4 is 5.91 Å². The molecule has 1 heterocycles. The van der Waals surface area contributed by atoms with Gasteiger partial charge in [-0.3, -0.25) is 4.79 Å². The van der Waals surface area contributed by atoms with Crippen molar-refractivity contribution in [1.82, 2.24) is 10.3 Å². The summed E-state index contributed by atoms with van der Waals surface area (Å²) in [5, 5.41) is 2.48. The molecule has 1 aromatic heterocycles. The number of aromatic nitrogens is 1. The number of rotatable bonds is 5. The van der Waals surface area contributed by atoms with Crippen molar-refractivity contribution in [2.45, 2.75) is 12.7 Å². The lowest BCUT2D eigenvalue weighted by Crippen LogP contribution is -2.29. The van der Waals surface area contributed by atoms with Crippen molar-refractivity contribution in [3.63, 3.8) is 0 Å². The molecule has 0 aliphatic heterocycles. The van der Waals surface area contributed by atoms with Crippen molar-refractivity contribution in [2.24, 2.45) is 5.73 Å². The first kappa shape index (κ1) is 14.2. The number of carbonyl (C=O) groups is 1. The fourth-order valence-electron chi connectivity index (χ4n) is 1.07. The SMILES string of the molecule is NCC(=O)NCc1ccnc(OCC(F)(F)F)c1. The molecule has 0 fully saturated rings. The third-order valence-electron chi connectivity index (χ3n) is 1.86. The van der Waals surface area contributed by atoms with Crippen LogP contribution in [0.3, 0.4) is 0 Å². The summed E-state index contributed by atoms with van der Waals surface area (Å²) < 4.78 is 40.2. The molecule has 0 aliphatic rings. The molecule has 5 nitrogen and oxygen atoms in total. The van der Waals surface area contributed by atoms with Gasteiger partial charge in [0, 0.05) is 18.8 Å². The van der Waals surface area contributed by atoms with Gasteiger partial charge in [0.2, 0.25) is 11.8 Å². The Labute approximate surface area is 101 Å². The Hall–Kier alpha value is -1.83. The van der Waals surface area contributed by atoms with E-state index in [2.05, 4.69) is 15.0 Å². The first-order chi connectivity index (χ1) is 8.40. The molecule has 0 radical (unpaired) electrons. The summed E-state index contributed by atoms with van der Waals surface area (Å²) in [4.78, 5) is 14.5. The average Bonchev–Trinajstić information content (AvgIpc) is 2.33. The molecule has 0 bridgehead atoms. The van der Waals surface area contributed by atoms with E-state index in [4.69, 9.17) is 5.73 Å². The second kappa shape index (κ2) is 6.20. The van der Waals surface area contributed by atoms with Gasteiger partial charge in [-0.25, -0.2) is 4.98 Å². The van der Waals surface area contributed by atoms with Gasteiger partial charge in [0.1, 0.15) is 0 Å². The molecule has 0 saturated heterocycles. The number of pyridine rings is 1. The third kappa shape index (κ3) is 5.48. The third-order valence-corrected chi connectivity index (χ3v) is 1.86. The maximum absolute atomic E-state index is 11.9. The Kier molecular flexibility index (Phi) is 4.90. The lowest BCUT2D eigenvalue weighted by Gasteiger charge is -2.09. The van der Waals surface area contributed by atoms with Crippen LogP contribution in [0, 0.1) is 0 Å². The number of nitrogens with two attached hydrogens (primary N) is 1. The number of alkyl halides is 3. The predicted octanol–water partition coefficient (Wildman–Crippen LogP) is 0.598. The summed E-state index contributed by atoms with van der Waals surface area (Å²) in [6, 6.07) is 2.87. The zero-order valence-electron chi connectivity index (χ0n) is 9.33. The topological polar surface area (TPSA) is 77.2 Å². The number of halogens is 3. The van der Waals surface area contributed by atoms with Crippen LogP contribution in [0.15, 0.2) is 18.3 Å². The molecule has 18 heavy (non-hydrogen) atoms. The van der Waals surface area contributed by atoms with Gasteiger partial charge in [0.05, 0.1) is 6.54 Å². The predicted molar refractivity (Wildman–Crippen MR) is 56.7 cm³/mol. The minimum atomic E-state index is -4.41. The first-order valence-corrected chi connectivity index (χ1v) is 5.02. The highest BCUT2D eigenvalue weighted by molar-refractivity contribution is 5.77. The molecule has 8 heteroatoms. The van der Waals surface area contributed by atoms with E-state index in [9.17, 15) is 18.0 Å². The van der Waals surface area contributed by atoms with E-state index in [1.54, 1.807) is 6.07 Å². The van der Waals surface area contributed by atoms with Crippen LogP contribution in [0.4, 0.5) is 13.2 Å². The van der Waals surface area contributed by atoms with Gasteiger partial charge in [-0.05, 0) is 11.6 Å². The molecule has 0 aromatic carbocycles. The number of amides is 1. The van der Waals surface area contributed by atoms with E-state index in [0.29, 0.717) is 5.56 Å². The molecule has 100 valence electrons. The fraction of sp³-hybridized carbons (Fsp3) is 0.400. The largest absolute Gasteiger partial charge is 0.468 e. The van der Waals surface area contributed by atoms with Crippen molar-refractivity contribution in [3.05, 3.63) is 23.9 Å². The van der Waals surface area contributed by atoms with Crippen LogP contribution in [0.25, 0.3) is 0 Å². The van der Waals surface area contributed by atoms with Crippen LogP contribution in [-0.4, -0.2) is 30.2 Å². The lowest BCUT2D eigenvalue weighted by atomic mass is 10.2. The van der Waals surface area contributed by atoms with Gasteiger partial charge in [0.25, 0.3) is 0 Å². The van der Waals surface area contributed by atoms with Gasteiger partial charge < -0.3 is 15.8 Å². The monoisotopic (exact) mass is 263 g/mol. The van der Waals surface area contributed by atoms with Crippen LogP contribution in [0.1, 0.15) is 5.56 Å². The molecule has 1 amide bonds. The summed E-state index contributed by atoms with van der Waals surface area (Å²) in [7, 11) is 0. The number of ether oxygens (including phenoxy) is 1. The molecule has 1 aromatic rings. The minimum Gasteiger partial charge on any atom is -0.468 e. The maximum atomic E-state index is 11.9. The van der Waals surface area contributed by atoms with E-state index < -0.39 is 12.8 Å². The Morgan fingerprint density at radius 1 is 1.50 bits per heavy atom. The summed E-state index contributed by atoms with van der Waals surface area (Å²) in [5.41, 5.74) is 5.66. The highest BCUT2D eigenvalue weighted by Gasteiger charge is 2.28. The molecule has 0 saturated carbocycles. The Morgan fingerprint density at radius 3 is 2.83 bits per heavy atom. The Balaban J connectivity index is 2.54. The normalized spacial score (nSPS) is 11.1. The van der Waals surface area contributed by atoms with E-state index in [1.165, 1.54) is 12.3 Å². The van der Waals surface area contributed by atoms with Crippen molar-refractivity contribution in [1.29, 1.82) is 0 Å². The van der Waals surface area contributed by atoms with Crippen molar-refractivity contribution < 1.29 is 22.7 Å². The number of nitrogens with one attached hydrogen (secondary N) is 1. The molecule has 0 unspecified atom stereocenters. The summed E-state index contributed by atoms with van der Waals surface area (Å²) in [5.74, 6) is -0.503. The fourth-order valence-corrected chi connectivity index (χ4v) is 1.07. The van der Waals surface area contributed by atoms with Crippen LogP contribution in [0.2, 0.25) is 0 Å². The standard InChI is InChI=1S/C10H12F3N3O2/c11-10(12,13)6-18-9-3-7(1-2-15-9)5-16-8(17)4-14/h1-3H,4-6,14H2,(H,16,17). The highest BCUT2D eigenvalue weighted by Crippen LogP contribution is 2.17. The molecular formula is C10H12F3N3O2. The average molecular weight is 263 g/mol. The van der Waals surface area contributed by atoms with Gasteiger partial charge in [0.15, 0.2) is 6.61 Å². The van der Waals surface area contributed by atoms with E-state index in [0.717, 1.165) is 0 Å². The van der Waals surface area contributed by atoms with Crippen LogP contribution >= 0.6 is 0 Å². The van der Waals surface area contributed by atoms with E-state index in [1.807, 2.05) is 0 Å². The van der Waals surface area contributed by atoms with Crippen molar-refractivity contribution in [3.8, 4) is 5.88 Å². The molecule has 0 aliphatic carbocycles. The van der Waals surface area contributed by atoms with Crippen molar-refractivity contribution in [2.75, 3.05) is 13.2 Å². The second-order valence-electron chi connectivity index (χ2n) is 3.39. The molecule has 0 atom stereocenters. The first-order valence-electron chi connectivity index (χ1n) is 5.02. The van der Waals surface area contributed by atoms with E-state index in [-0.39, 0.29) is 24.9 Å². The van der Waals surface area contributed by atoms with Gasteiger partial charge >= 0.3 is 6.18 Å². The summed E-state index contributed by atoms with van der Waals surface area (Å²) >= 11 is 0. The number of nitrogens with zero attached hydrogens (tertiary/aromatic N) is 1. The smallest absolute Gasteiger partial charge is 0.422 e. The quantitative estimate of drug-likeness (QED) is 0.815. The second-order valence-corrected chi connectivity index (χ2v) is 3.39. The Bertz CT molecular complexity index is 410.